The SMILES string of the molecule is CNC(Cc1ccc(Br)cc1F)c1ccc(Br)o1. The summed E-state index contributed by atoms with van der Waals surface area (Å²) < 4.78 is 20.7. The first-order valence-corrected chi connectivity index (χ1v) is 7.05. The number of rotatable bonds is 4. The maximum absolute atomic E-state index is 13.8. The molecule has 18 heavy (non-hydrogen) atoms. The van der Waals surface area contributed by atoms with Crippen molar-refractivity contribution in [1.82, 2.24) is 5.32 Å². The summed E-state index contributed by atoms with van der Waals surface area (Å²) in [6.45, 7) is 0. The molecule has 0 saturated heterocycles. The summed E-state index contributed by atoms with van der Waals surface area (Å²) in [6, 6.07) is 8.75. The Morgan fingerprint density at radius 3 is 2.61 bits per heavy atom. The highest BCUT2D eigenvalue weighted by molar-refractivity contribution is 9.10. The minimum Gasteiger partial charge on any atom is -0.453 e. The van der Waals surface area contributed by atoms with Gasteiger partial charge in [0.25, 0.3) is 0 Å². The second-order valence-corrected chi connectivity index (χ2v) is 5.62. The van der Waals surface area contributed by atoms with E-state index in [1.165, 1.54) is 6.07 Å². The van der Waals surface area contributed by atoms with Crippen LogP contribution in [-0.4, -0.2) is 7.05 Å². The van der Waals surface area contributed by atoms with Crippen LogP contribution in [0.3, 0.4) is 0 Å². The summed E-state index contributed by atoms with van der Waals surface area (Å²) in [5.41, 5.74) is 0.657. The predicted octanol–water partition coefficient (Wildman–Crippen LogP) is 4.45. The van der Waals surface area contributed by atoms with Gasteiger partial charge in [0.1, 0.15) is 11.6 Å². The minimum absolute atomic E-state index is 0.0491. The van der Waals surface area contributed by atoms with E-state index in [0.29, 0.717) is 16.7 Å². The van der Waals surface area contributed by atoms with Crippen molar-refractivity contribution in [3.05, 3.63) is 56.6 Å². The molecule has 1 atom stereocenters. The van der Waals surface area contributed by atoms with Gasteiger partial charge in [-0.2, -0.15) is 0 Å². The molecule has 1 aromatic carbocycles. The lowest BCUT2D eigenvalue weighted by atomic mass is 10.0. The molecule has 1 unspecified atom stereocenters. The monoisotopic (exact) mass is 375 g/mol. The van der Waals surface area contributed by atoms with Crippen LogP contribution in [0, 0.1) is 5.82 Å². The van der Waals surface area contributed by atoms with E-state index in [1.54, 1.807) is 6.07 Å². The Morgan fingerprint density at radius 2 is 2.06 bits per heavy atom. The molecule has 0 fully saturated rings. The van der Waals surface area contributed by atoms with Gasteiger partial charge in [0.15, 0.2) is 4.67 Å². The summed E-state index contributed by atoms with van der Waals surface area (Å²) in [5, 5.41) is 3.13. The normalized spacial score (nSPS) is 12.7. The molecule has 0 spiro atoms. The fourth-order valence-electron chi connectivity index (χ4n) is 1.77. The third-order valence-corrected chi connectivity index (χ3v) is 3.64. The third-order valence-electron chi connectivity index (χ3n) is 2.73. The second-order valence-electron chi connectivity index (χ2n) is 3.92. The standard InChI is InChI=1S/C13H12Br2FNO/c1-17-11(12-4-5-13(15)18-12)6-8-2-3-9(14)7-10(8)16/h2-5,7,11,17H,6H2,1H3. The van der Waals surface area contributed by atoms with Gasteiger partial charge in [-0.3, -0.25) is 0 Å². The average Bonchev–Trinajstić information content (AvgIpc) is 2.75. The van der Waals surface area contributed by atoms with E-state index in [0.717, 1.165) is 10.2 Å². The highest BCUT2D eigenvalue weighted by Crippen LogP contribution is 2.25. The molecule has 0 amide bonds. The van der Waals surface area contributed by atoms with Gasteiger partial charge in [-0.25, -0.2) is 4.39 Å². The Morgan fingerprint density at radius 1 is 1.28 bits per heavy atom. The number of benzene rings is 1. The molecule has 1 N–H and O–H groups in total. The van der Waals surface area contributed by atoms with Gasteiger partial charge in [-0.1, -0.05) is 22.0 Å². The molecule has 96 valence electrons. The number of halogens is 3. The zero-order chi connectivity index (χ0) is 13.1. The predicted molar refractivity (Wildman–Crippen MR) is 76.0 cm³/mol. The molecule has 2 nitrogen and oxygen atoms in total. The van der Waals surface area contributed by atoms with Crippen molar-refractivity contribution in [1.29, 1.82) is 0 Å². The van der Waals surface area contributed by atoms with Crippen LogP contribution in [0.5, 0.6) is 0 Å². The lowest BCUT2D eigenvalue weighted by Gasteiger charge is -2.14. The van der Waals surface area contributed by atoms with Gasteiger partial charge in [0, 0.05) is 4.47 Å². The topological polar surface area (TPSA) is 25.2 Å². The third kappa shape index (κ3) is 3.22. The maximum Gasteiger partial charge on any atom is 0.169 e. The molecule has 2 aromatic rings. The van der Waals surface area contributed by atoms with E-state index in [2.05, 4.69) is 37.2 Å². The van der Waals surface area contributed by atoms with Crippen LogP contribution in [0.25, 0.3) is 0 Å². The molecule has 1 aromatic heterocycles. The Bertz CT molecular complexity index is 542. The van der Waals surface area contributed by atoms with Crippen molar-refractivity contribution in [2.45, 2.75) is 12.5 Å². The van der Waals surface area contributed by atoms with Crippen LogP contribution in [0.15, 0.2) is 43.9 Å². The van der Waals surface area contributed by atoms with Crippen molar-refractivity contribution in [3.63, 3.8) is 0 Å². The fourth-order valence-corrected chi connectivity index (χ4v) is 2.42. The molecule has 0 saturated carbocycles. The van der Waals surface area contributed by atoms with Crippen LogP contribution in [0.4, 0.5) is 4.39 Å². The second kappa shape index (κ2) is 5.99. The first-order valence-electron chi connectivity index (χ1n) is 5.46. The summed E-state index contributed by atoms with van der Waals surface area (Å²) in [4.78, 5) is 0. The highest BCUT2D eigenvalue weighted by atomic mass is 79.9. The van der Waals surface area contributed by atoms with Crippen LogP contribution < -0.4 is 5.32 Å². The van der Waals surface area contributed by atoms with Crippen molar-refractivity contribution < 1.29 is 8.81 Å². The van der Waals surface area contributed by atoms with E-state index in [1.807, 2.05) is 25.2 Å². The Hall–Kier alpha value is -0.650. The first-order chi connectivity index (χ1) is 8.60. The van der Waals surface area contributed by atoms with E-state index >= 15 is 0 Å². The molecule has 0 aliphatic heterocycles. The largest absolute Gasteiger partial charge is 0.453 e. The molecule has 0 radical (unpaired) electrons. The summed E-state index contributed by atoms with van der Waals surface area (Å²) in [7, 11) is 1.83. The smallest absolute Gasteiger partial charge is 0.169 e. The average molecular weight is 377 g/mol. The van der Waals surface area contributed by atoms with Gasteiger partial charge >= 0.3 is 0 Å². The number of hydrogen-bond donors (Lipinski definition) is 1. The molecule has 0 bridgehead atoms. The zero-order valence-electron chi connectivity index (χ0n) is 9.71. The fraction of sp³-hybridized carbons (Fsp3) is 0.231. The lowest BCUT2D eigenvalue weighted by Crippen LogP contribution is -2.18. The lowest BCUT2D eigenvalue weighted by molar-refractivity contribution is 0.413. The van der Waals surface area contributed by atoms with Gasteiger partial charge in [0.05, 0.1) is 6.04 Å². The summed E-state index contributed by atoms with van der Waals surface area (Å²) in [5.74, 6) is 0.571. The molecule has 0 aliphatic carbocycles. The Balaban J connectivity index is 2.20. The summed E-state index contributed by atoms with van der Waals surface area (Å²) in [6.07, 6.45) is 0.537. The van der Waals surface area contributed by atoms with E-state index < -0.39 is 0 Å². The van der Waals surface area contributed by atoms with Crippen LogP contribution in [-0.2, 0) is 6.42 Å². The number of nitrogens with one attached hydrogen (secondary N) is 1. The van der Waals surface area contributed by atoms with Crippen LogP contribution >= 0.6 is 31.9 Å². The van der Waals surface area contributed by atoms with Gasteiger partial charge in [-0.15, -0.1) is 0 Å². The maximum atomic E-state index is 13.8. The van der Waals surface area contributed by atoms with Crippen LogP contribution in [0.2, 0.25) is 0 Å². The molecule has 5 heteroatoms. The van der Waals surface area contributed by atoms with Gasteiger partial charge in [-0.05, 0) is 59.2 Å². The minimum atomic E-state index is -0.213. The van der Waals surface area contributed by atoms with E-state index in [9.17, 15) is 4.39 Å². The van der Waals surface area contributed by atoms with Crippen molar-refractivity contribution in [2.24, 2.45) is 0 Å². The Kier molecular flexibility index (Phi) is 4.59. The molecule has 1 heterocycles. The summed E-state index contributed by atoms with van der Waals surface area (Å²) >= 11 is 6.51. The quantitative estimate of drug-likeness (QED) is 0.852. The zero-order valence-corrected chi connectivity index (χ0v) is 12.9. The van der Waals surface area contributed by atoms with Crippen LogP contribution in [0.1, 0.15) is 17.4 Å². The highest BCUT2D eigenvalue weighted by Gasteiger charge is 2.16. The molecule has 0 aliphatic rings. The van der Waals surface area contributed by atoms with Gasteiger partial charge < -0.3 is 9.73 Å². The first kappa shape index (κ1) is 13.8. The van der Waals surface area contributed by atoms with Gasteiger partial charge in [0.2, 0.25) is 0 Å². The molecular formula is C13H12Br2FNO. The molecule has 2 rings (SSSR count). The Labute approximate surface area is 122 Å². The molecular weight excluding hydrogens is 365 g/mol. The number of hydrogen-bond acceptors (Lipinski definition) is 2. The van der Waals surface area contributed by atoms with E-state index in [-0.39, 0.29) is 11.9 Å². The number of likely N-dealkylation sites (N-methyl/N-ethyl adjacent to an activating group) is 1. The van der Waals surface area contributed by atoms with Crippen molar-refractivity contribution >= 4 is 31.9 Å². The van der Waals surface area contributed by atoms with Crippen molar-refractivity contribution in [2.75, 3.05) is 7.05 Å². The van der Waals surface area contributed by atoms with E-state index in [4.69, 9.17) is 4.42 Å². The number of furan rings is 1. The van der Waals surface area contributed by atoms with Crippen molar-refractivity contribution in [3.8, 4) is 0 Å².